The molecule has 0 aliphatic heterocycles. The van der Waals surface area contributed by atoms with Gasteiger partial charge in [-0.15, -0.1) is 0 Å². The van der Waals surface area contributed by atoms with Crippen LogP contribution in [0.2, 0.25) is 0 Å². The summed E-state index contributed by atoms with van der Waals surface area (Å²) in [7, 11) is 1.80. The van der Waals surface area contributed by atoms with Gasteiger partial charge in [-0.25, -0.2) is 0 Å². The molecular weight excluding hydrogens is 277 g/mol. The van der Waals surface area contributed by atoms with Crippen LogP contribution in [0.25, 0.3) is 0 Å². The van der Waals surface area contributed by atoms with E-state index in [1.165, 1.54) is 19.3 Å². The van der Waals surface area contributed by atoms with Gasteiger partial charge in [-0.3, -0.25) is 4.79 Å². The fourth-order valence-electron chi connectivity index (χ4n) is 1.01. The molecule has 0 rings (SSSR count). The average Bonchev–Trinajstić information content (AvgIpc) is 2.12. The molecule has 13 heavy (non-hydrogen) atoms. The maximum atomic E-state index is 11.2. The second-order valence-corrected chi connectivity index (χ2v) is 3.55. The van der Waals surface area contributed by atoms with Crippen molar-refractivity contribution in [1.29, 1.82) is 0 Å². The first kappa shape index (κ1) is 12.8. The number of hydrogen-bond donors (Lipinski definition) is 0. The van der Waals surface area contributed by atoms with Crippen LogP contribution in [0.3, 0.4) is 0 Å². The van der Waals surface area contributed by atoms with Crippen LogP contribution in [0, 0.1) is 9.85 Å². The van der Waals surface area contributed by atoms with Gasteiger partial charge in [-0.1, -0.05) is 26.2 Å². The number of carbonyl (C=O) groups is 1. The summed E-state index contributed by atoms with van der Waals surface area (Å²) in [5.74, 6) is 2.43. The van der Waals surface area contributed by atoms with E-state index in [2.05, 4.69) is 16.8 Å². The van der Waals surface area contributed by atoms with Crippen LogP contribution in [0.5, 0.6) is 0 Å². The summed E-state index contributed by atoms with van der Waals surface area (Å²) in [5, 5.41) is 0. The van der Waals surface area contributed by atoms with Crippen molar-refractivity contribution in [2.75, 3.05) is 13.6 Å². The highest BCUT2D eigenvalue weighted by Gasteiger charge is 2.03. The summed E-state index contributed by atoms with van der Waals surface area (Å²) in [6, 6.07) is 0. The maximum Gasteiger partial charge on any atom is 0.298 e. The average molecular weight is 293 g/mol. The Morgan fingerprint density at radius 1 is 1.38 bits per heavy atom. The third kappa shape index (κ3) is 6.88. The van der Waals surface area contributed by atoms with E-state index in [1.807, 2.05) is 22.6 Å². The molecule has 0 bridgehead atoms. The van der Waals surface area contributed by atoms with Crippen molar-refractivity contribution in [2.45, 2.75) is 32.6 Å². The van der Waals surface area contributed by atoms with Crippen molar-refractivity contribution in [1.82, 2.24) is 4.90 Å². The Morgan fingerprint density at radius 2 is 2.08 bits per heavy atom. The molecule has 0 aliphatic carbocycles. The minimum absolute atomic E-state index is 0.0779. The van der Waals surface area contributed by atoms with E-state index < -0.39 is 0 Å². The normalized spacial score (nSPS) is 8.85. The Balaban J connectivity index is 3.54. The van der Waals surface area contributed by atoms with Crippen LogP contribution >= 0.6 is 22.6 Å². The highest BCUT2D eigenvalue weighted by atomic mass is 127. The van der Waals surface area contributed by atoms with Crippen LogP contribution in [-0.2, 0) is 4.79 Å². The van der Waals surface area contributed by atoms with E-state index in [0.29, 0.717) is 0 Å². The van der Waals surface area contributed by atoms with Gasteiger partial charge in [0.2, 0.25) is 0 Å². The Morgan fingerprint density at radius 3 is 2.62 bits per heavy atom. The molecule has 0 atom stereocenters. The first-order valence-electron chi connectivity index (χ1n) is 4.59. The molecule has 0 saturated carbocycles. The topological polar surface area (TPSA) is 20.3 Å². The van der Waals surface area contributed by atoms with Crippen LogP contribution < -0.4 is 0 Å². The van der Waals surface area contributed by atoms with E-state index in [1.54, 1.807) is 11.9 Å². The van der Waals surface area contributed by atoms with Gasteiger partial charge >= 0.3 is 0 Å². The number of halogens is 1. The van der Waals surface area contributed by atoms with E-state index >= 15 is 0 Å². The molecule has 3 heteroatoms. The number of nitrogens with zero attached hydrogens (tertiary/aromatic N) is 1. The summed E-state index contributed by atoms with van der Waals surface area (Å²) >= 11 is 1.88. The minimum Gasteiger partial charge on any atom is -0.335 e. The molecule has 0 aromatic carbocycles. The molecule has 0 aliphatic rings. The molecule has 0 heterocycles. The molecular formula is C10H16INO. The third-order valence-electron chi connectivity index (χ3n) is 1.85. The Hall–Kier alpha value is -0.240. The van der Waals surface area contributed by atoms with Crippen molar-refractivity contribution in [3.05, 3.63) is 0 Å². The minimum atomic E-state index is -0.0779. The molecule has 0 spiro atoms. The van der Waals surface area contributed by atoms with Crippen molar-refractivity contribution in [2.24, 2.45) is 0 Å². The molecule has 74 valence electrons. The Labute approximate surface area is 94.2 Å². The maximum absolute atomic E-state index is 11.2. The molecule has 0 unspecified atom stereocenters. The summed E-state index contributed by atoms with van der Waals surface area (Å²) in [4.78, 5) is 12.8. The molecule has 0 aromatic heterocycles. The number of unbranched alkanes of at least 4 members (excludes halogenated alkanes) is 3. The number of rotatable bonds is 5. The zero-order chi connectivity index (χ0) is 10.1. The van der Waals surface area contributed by atoms with Crippen LogP contribution in [-0.4, -0.2) is 24.4 Å². The second-order valence-electron chi connectivity index (χ2n) is 3.01. The number of hydrogen-bond acceptors (Lipinski definition) is 1. The van der Waals surface area contributed by atoms with Crippen LogP contribution in [0.15, 0.2) is 0 Å². The standard InChI is InChI=1S/C10H16INO/c1-3-4-5-6-9-12(2)10(13)7-8-11/h3-6,9H2,1-2H3. The Kier molecular flexibility index (Phi) is 8.21. The quantitative estimate of drug-likeness (QED) is 0.433. The lowest BCUT2D eigenvalue weighted by Gasteiger charge is -2.12. The first-order valence-corrected chi connectivity index (χ1v) is 5.67. The van der Waals surface area contributed by atoms with Gasteiger partial charge in [-0.2, -0.15) is 0 Å². The highest BCUT2D eigenvalue weighted by Crippen LogP contribution is 2.00. The lowest BCUT2D eigenvalue weighted by Crippen LogP contribution is -2.26. The van der Waals surface area contributed by atoms with E-state index in [4.69, 9.17) is 0 Å². The lowest BCUT2D eigenvalue weighted by molar-refractivity contribution is -0.123. The zero-order valence-electron chi connectivity index (χ0n) is 8.27. The van der Waals surface area contributed by atoms with E-state index in [-0.39, 0.29) is 5.91 Å². The van der Waals surface area contributed by atoms with Crippen molar-refractivity contribution in [3.8, 4) is 9.85 Å². The monoisotopic (exact) mass is 293 g/mol. The van der Waals surface area contributed by atoms with E-state index in [0.717, 1.165) is 13.0 Å². The SMILES string of the molecule is CCCCCCN(C)C(=O)C#CI. The summed E-state index contributed by atoms with van der Waals surface area (Å²) in [6.45, 7) is 3.00. The summed E-state index contributed by atoms with van der Waals surface area (Å²) in [5.41, 5.74) is 0. The fraction of sp³-hybridized carbons (Fsp3) is 0.700. The van der Waals surface area contributed by atoms with E-state index in [9.17, 15) is 4.79 Å². The molecule has 1 amide bonds. The molecule has 0 fully saturated rings. The molecule has 0 saturated heterocycles. The predicted octanol–water partition coefficient (Wildman–Crippen LogP) is 2.42. The fourth-order valence-corrected chi connectivity index (χ4v) is 1.24. The van der Waals surface area contributed by atoms with Crippen molar-refractivity contribution < 1.29 is 4.79 Å². The summed E-state index contributed by atoms with van der Waals surface area (Å²) in [6.07, 6.45) is 4.76. The van der Waals surface area contributed by atoms with Crippen molar-refractivity contribution in [3.63, 3.8) is 0 Å². The predicted molar refractivity (Wildman–Crippen MR) is 63.6 cm³/mol. The zero-order valence-corrected chi connectivity index (χ0v) is 10.4. The van der Waals surface area contributed by atoms with Gasteiger partial charge in [-0.05, 0) is 10.3 Å². The van der Waals surface area contributed by atoms with Gasteiger partial charge < -0.3 is 4.90 Å². The van der Waals surface area contributed by atoms with Gasteiger partial charge in [0.25, 0.3) is 5.91 Å². The van der Waals surface area contributed by atoms with Crippen LogP contribution in [0.1, 0.15) is 32.6 Å². The number of carbonyl (C=O) groups excluding carboxylic acids is 1. The smallest absolute Gasteiger partial charge is 0.298 e. The molecule has 0 aromatic rings. The Bertz CT molecular complexity index is 205. The largest absolute Gasteiger partial charge is 0.335 e. The lowest BCUT2D eigenvalue weighted by atomic mass is 10.2. The number of amides is 1. The second kappa shape index (κ2) is 8.36. The summed E-state index contributed by atoms with van der Waals surface area (Å²) < 4.78 is 2.58. The van der Waals surface area contributed by atoms with Gasteiger partial charge in [0, 0.05) is 42.1 Å². The van der Waals surface area contributed by atoms with Gasteiger partial charge in [0.15, 0.2) is 0 Å². The van der Waals surface area contributed by atoms with Gasteiger partial charge in [0.1, 0.15) is 0 Å². The molecule has 0 N–H and O–H groups in total. The molecule has 2 nitrogen and oxygen atoms in total. The highest BCUT2D eigenvalue weighted by molar-refractivity contribution is 14.1. The first-order chi connectivity index (χ1) is 6.22. The molecule has 0 radical (unpaired) electrons. The third-order valence-corrected chi connectivity index (χ3v) is 2.12. The van der Waals surface area contributed by atoms with Crippen molar-refractivity contribution >= 4 is 28.5 Å². The van der Waals surface area contributed by atoms with Crippen LogP contribution in [0.4, 0.5) is 0 Å². The van der Waals surface area contributed by atoms with Gasteiger partial charge in [0.05, 0.1) is 0 Å².